The minimum atomic E-state index is -4.89. The molecule has 0 radical (unpaired) electrons. The van der Waals surface area contributed by atoms with Gasteiger partial charge >= 0.3 is 6.18 Å². The Bertz CT molecular complexity index is 1390. The van der Waals surface area contributed by atoms with Crippen molar-refractivity contribution in [3.63, 3.8) is 0 Å². The van der Waals surface area contributed by atoms with Crippen molar-refractivity contribution < 1.29 is 18.0 Å². The van der Waals surface area contributed by atoms with Crippen LogP contribution in [0.2, 0.25) is 5.02 Å². The van der Waals surface area contributed by atoms with E-state index in [4.69, 9.17) is 16.9 Å². The first-order valence-corrected chi connectivity index (χ1v) is 9.56. The van der Waals surface area contributed by atoms with Gasteiger partial charge in [0.15, 0.2) is 11.5 Å². The summed E-state index contributed by atoms with van der Waals surface area (Å²) in [5.74, 6) is -0.873. The quantitative estimate of drug-likeness (QED) is 0.481. The lowest BCUT2D eigenvalue weighted by Gasteiger charge is -2.14. The number of rotatable bonds is 4. The summed E-state index contributed by atoms with van der Waals surface area (Å²) < 4.78 is 42.4. The fraction of sp³-hybridized carbons (Fsp3) is 0.100. The summed E-state index contributed by atoms with van der Waals surface area (Å²) in [6.07, 6.45) is -0.0218. The van der Waals surface area contributed by atoms with Crippen LogP contribution in [0.3, 0.4) is 0 Å². The number of pyridine rings is 1. The predicted molar refractivity (Wildman–Crippen MR) is 110 cm³/mol. The molecule has 4 aromatic rings. The summed E-state index contributed by atoms with van der Waals surface area (Å²) in [6.45, 7) is 1.54. The third kappa shape index (κ3) is 4.26. The van der Waals surface area contributed by atoms with Crippen LogP contribution in [-0.2, 0) is 6.18 Å². The lowest BCUT2D eigenvalue weighted by molar-refractivity contribution is -0.143. The number of carbonyl (C=O) groups excluding carboxylic acids is 1. The van der Waals surface area contributed by atoms with E-state index in [1.54, 1.807) is 6.92 Å². The van der Waals surface area contributed by atoms with Crippen LogP contribution in [0.15, 0.2) is 49.1 Å². The summed E-state index contributed by atoms with van der Waals surface area (Å²) in [7, 11) is 0. The maximum absolute atomic E-state index is 13.9. The van der Waals surface area contributed by atoms with Gasteiger partial charge in [0.25, 0.3) is 5.91 Å². The fourth-order valence-electron chi connectivity index (χ4n) is 3.10. The van der Waals surface area contributed by atoms with Gasteiger partial charge in [0.1, 0.15) is 0 Å². The maximum atomic E-state index is 13.9. The molecule has 0 spiro atoms. The zero-order valence-electron chi connectivity index (χ0n) is 16.7. The molecule has 4 rings (SSSR count). The summed E-state index contributed by atoms with van der Waals surface area (Å²) in [5.41, 5.74) is -1.14. The molecule has 9 nitrogen and oxygen atoms in total. The van der Waals surface area contributed by atoms with Gasteiger partial charge in [-0.15, -0.1) is 4.80 Å². The first kappa shape index (κ1) is 22.0. The number of aromatic nitrogens is 6. The van der Waals surface area contributed by atoms with Crippen molar-refractivity contribution in [3.8, 4) is 17.6 Å². The van der Waals surface area contributed by atoms with E-state index in [9.17, 15) is 18.0 Å². The predicted octanol–water partition coefficient (Wildman–Crippen LogP) is 3.95. The van der Waals surface area contributed by atoms with Gasteiger partial charge in [-0.2, -0.15) is 33.7 Å². The molecule has 1 N–H and O–H groups in total. The van der Waals surface area contributed by atoms with Gasteiger partial charge in [-0.25, -0.2) is 9.67 Å². The van der Waals surface area contributed by atoms with Crippen LogP contribution in [0, 0.1) is 18.3 Å². The molecule has 33 heavy (non-hydrogen) atoms. The van der Waals surface area contributed by atoms with Crippen molar-refractivity contribution in [2.75, 3.05) is 5.32 Å². The Morgan fingerprint density at radius 3 is 2.48 bits per heavy atom. The minimum absolute atomic E-state index is 0.0661. The highest BCUT2D eigenvalue weighted by molar-refractivity contribution is 6.32. The number of benzene rings is 1. The summed E-state index contributed by atoms with van der Waals surface area (Å²) in [4.78, 5) is 17.9. The first-order valence-electron chi connectivity index (χ1n) is 9.19. The topological polar surface area (TPSA) is 114 Å². The number of halogens is 4. The Balaban J connectivity index is 1.69. The number of nitrogens with one attached hydrogen (secondary N) is 1. The van der Waals surface area contributed by atoms with Crippen LogP contribution >= 0.6 is 11.6 Å². The van der Waals surface area contributed by atoms with Crippen molar-refractivity contribution in [3.05, 3.63) is 76.5 Å². The van der Waals surface area contributed by atoms with Crippen LogP contribution in [-0.4, -0.2) is 35.7 Å². The van der Waals surface area contributed by atoms with Crippen LogP contribution in [0.4, 0.5) is 18.9 Å². The molecule has 0 aliphatic heterocycles. The first-order chi connectivity index (χ1) is 15.7. The minimum Gasteiger partial charge on any atom is -0.320 e. The van der Waals surface area contributed by atoms with E-state index in [2.05, 4.69) is 25.6 Å². The van der Waals surface area contributed by atoms with E-state index in [0.29, 0.717) is 10.2 Å². The normalized spacial score (nSPS) is 11.3. The van der Waals surface area contributed by atoms with Gasteiger partial charge < -0.3 is 5.32 Å². The van der Waals surface area contributed by atoms with E-state index in [1.165, 1.54) is 42.9 Å². The molecule has 0 aliphatic rings. The molecule has 0 saturated heterocycles. The van der Waals surface area contributed by atoms with E-state index in [-0.39, 0.29) is 27.8 Å². The molecule has 0 unspecified atom stereocenters. The second-order valence-electron chi connectivity index (χ2n) is 6.73. The Kier molecular flexibility index (Phi) is 5.57. The van der Waals surface area contributed by atoms with Crippen molar-refractivity contribution >= 4 is 23.2 Å². The van der Waals surface area contributed by atoms with Crippen molar-refractivity contribution in [1.82, 2.24) is 29.8 Å². The molecular weight excluding hydrogens is 461 g/mol. The zero-order chi connectivity index (χ0) is 23.8. The Morgan fingerprint density at radius 1 is 1.15 bits per heavy atom. The second kappa shape index (κ2) is 8.36. The lowest BCUT2D eigenvalue weighted by atomic mass is 10.1. The number of hydrogen-bond acceptors (Lipinski definition) is 6. The van der Waals surface area contributed by atoms with E-state index < -0.39 is 23.3 Å². The molecule has 3 heterocycles. The maximum Gasteiger partial charge on any atom is 0.434 e. The van der Waals surface area contributed by atoms with Crippen molar-refractivity contribution in [2.24, 2.45) is 0 Å². The average Bonchev–Trinajstić information content (AvgIpc) is 3.43. The van der Waals surface area contributed by atoms with Gasteiger partial charge in [-0.1, -0.05) is 11.6 Å². The van der Waals surface area contributed by atoms with Gasteiger partial charge in [0.05, 0.1) is 58.4 Å². The Morgan fingerprint density at radius 2 is 1.88 bits per heavy atom. The largest absolute Gasteiger partial charge is 0.434 e. The number of nitrogens with zero attached hydrogens (tertiary/aromatic N) is 7. The lowest BCUT2D eigenvalue weighted by Crippen LogP contribution is -2.21. The van der Waals surface area contributed by atoms with Gasteiger partial charge in [-0.05, 0) is 36.8 Å². The van der Waals surface area contributed by atoms with E-state index in [1.807, 2.05) is 6.07 Å². The molecule has 0 atom stereocenters. The molecule has 0 aliphatic carbocycles. The Labute approximate surface area is 189 Å². The van der Waals surface area contributed by atoms with E-state index in [0.717, 1.165) is 11.0 Å². The summed E-state index contributed by atoms with van der Waals surface area (Å²) in [5, 5.41) is 23.0. The zero-order valence-corrected chi connectivity index (χ0v) is 17.4. The highest BCUT2D eigenvalue weighted by Crippen LogP contribution is 2.35. The SMILES string of the molecule is Cc1cc(C#N)ccc1-n1ncc(C(=O)Nc2cnc(-n3nccn3)c(Cl)c2)c1C(F)(F)F. The number of anilines is 1. The summed E-state index contributed by atoms with van der Waals surface area (Å²) in [6, 6.07) is 7.37. The van der Waals surface area contributed by atoms with Crippen LogP contribution in [0.5, 0.6) is 0 Å². The summed E-state index contributed by atoms with van der Waals surface area (Å²) >= 11 is 6.15. The standard InChI is InChI=1S/C20H12ClF3N8O/c1-11-6-12(8-25)2-3-16(11)31-17(20(22,23)24)14(10-29-31)19(33)30-13-7-15(21)18(26-9-13)32-27-4-5-28-32/h2-7,9-10H,1H3,(H,30,33). The average molecular weight is 473 g/mol. The molecule has 166 valence electrons. The molecule has 1 amide bonds. The number of nitriles is 1. The number of hydrogen-bond donors (Lipinski definition) is 1. The highest BCUT2D eigenvalue weighted by Gasteiger charge is 2.40. The van der Waals surface area contributed by atoms with Crippen LogP contribution < -0.4 is 5.32 Å². The van der Waals surface area contributed by atoms with Crippen molar-refractivity contribution in [2.45, 2.75) is 13.1 Å². The number of amides is 1. The van der Waals surface area contributed by atoms with Gasteiger partial charge in [0, 0.05) is 0 Å². The third-order valence-corrected chi connectivity index (χ3v) is 4.80. The van der Waals surface area contributed by atoms with E-state index >= 15 is 0 Å². The van der Waals surface area contributed by atoms with Gasteiger partial charge in [0.2, 0.25) is 0 Å². The number of aryl methyl sites for hydroxylation is 1. The van der Waals surface area contributed by atoms with Crippen LogP contribution in [0.1, 0.15) is 27.2 Å². The molecule has 0 saturated carbocycles. The molecule has 13 heteroatoms. The molecular formula is C20H12ClF3N8O. The fourth-order valence-corrected chi connectivity index (χ4v) is 3.34. The highest BCUT2D eigenvalue weighted by atomic mass is 35.5. The smallest absolute Gasteiger partial charge is 0.320 e. The second-order valence-corrected chi connectivity index (χ2v) is 7.14. The molecule has 3 aromatic heterocycles. The molecule has 0 fully saturated rings. The molecule has 0 bridgehead atoms. The number of carbonyl (C=O) groups is 1. The van der Waals surface area contributed by atoms with Gasteiger partial charge in [-0.3, -0.25) is 4.79 Å². The third-order valence-electron chi connectivity index (χ3n) is 4.52. The van der Waals surface area contributed by atoms with Crippen LogP contribution in [0.25, 0.3) is 11.5 Å². The number of alkyl halides is 3. The monoisotopic (exact) mass is 472 g/mol. The van der Waals surface area contributed by atoms with Crippen molar-refractivity contribution in [1.29, 1.82) is 5.26 Å². The molecule has 1 aromatic carbocycles. The Hall–Kier alpha value is -4.24.